The van der Waals surface area contributed by atoms with E-state index in [9.17, 15) is 0 Å². The van der Waals surface area contributed by atoms with Crippen molar-refractivity contribution in [2.24, 2.45) is 0 Å². The van der Waals surface area contributed by atoms with Crippen LogP contribution >= 0.6 is 23.2 Å². The van der Waals surface area contributed by atoms with E-state index >= 15 is 0 Å². The number of rotatable bonds is 2. The lowest BCUT2D eigenvalue weighted by Gasteiger charge is -2.04. The Morgan fingerprint density at radius 1 is 1.57 bits per heavy atom. The van der Waals surface area contributed by atoms with Crippen LogP contribution in [0.4, 0.5) is 0 Å². The molecule has 1 nitrogen and oxygen atoms in total. The minimum absolute atomic E-state index is 0.0494. The van der Waals surface area contributed by atoms with Gasteiger partial charge in [0, 0.05) is 5.38 Å². The Kier molecular flexibility index (Phi) is 3.80. The Morgan fingerprint density at radius 3 is 2.00 bits per heavy atom. The van der Waals surface area contributed by atoms with Gasteiger partial charge in [-0.25, -0.2) is 0 Å². The highest BCUT2D eigenvalue weighted by Crippen LogP contribution is 2.06. The molecule has 0 saturated carbocycles. The highest BCUT2D eigenvalue weighted by atomic mass is 35.5. The van der Waals surface area contributed by atoms with Crippen LogP contribution in [0.2, 0.25) is 0 Å². The number of halogens is 2. The average Bonchev–Trinajstić information content (AvgIpc) is 1.65. The van der Waals surface area contributed by atoms with E-state index in [1.165, 1.54) is 0 Å². The van der Waals surface area contributed by atoms with E-state index in [4.69, 9.17) is 28.3 Å². The van der Waals surface area contributed by atoms with Crippen LogP contribution < -0.4 is 0 Å². The molecule has 0 aliphatic carbocycles. The van der Waals surface area contributed by atoms with Crippen molar-refractivity contribution in [2.45, 2.75) is 17.7 Å². The van der Waals surface area contributed by atoms with Crippen LogP contribution in [0.25, 0.3) is 0 Å². The van der Waals surface area contributed by atoms with E-state index in [1.54, 1.807) is 6.92 Å². The van der Waals surface area contributed by atoms with E-state index in [0.29, 0.717) is 0 Å². The van der Waals surface area contributed by atoms with Crippen molar-refractivity contribution in [2.75, 3.05) is 6.61 Å². The largest absolute Gasteiger partial charge is 0.395 e. The summed E-state index contributed by atoms with van der Waals surface area (Å²) in [7, 11) is 0. The molecule has 7 heavy (non-hydrogen) atoms. The van der Waals surface area contributed by atoms with Crippen molar-refractivity contribution < 1.29 is 5.11 Å². The van der Waals surface area contributed by atoms with Gasteiger partial charge in [0.15, 0.2) is 0 Å². The molecule has 3 heteroatoms. The topological polar surface area (TPSA) is 20.2 Å². The highest BCUT2D eigenvalue weighted by molar-refractivity contribution is 6.29. The third-order valence-corrected chi connectivity index (χ3v) is 1.62. The van der Waals surface area contributed by atoms with Gasteiger partial charge in [0.1, 0.15) is 0 Å². The van der Waals surface area contributed by atoms with Gasteiger partial charge in [-0.1, -0.05) is 0 Å². The first-order valence-electron chi connectivity index (χ1n) is 2.07. The zero-order valence-electron chi connectivity index (χ0n) is 4.06. The molecule has 0 radical (unpaired) electrons. The van der Waals surface area contributed by atoms with E-state index in [-0.39, 0.29) is 17.4 Å². The molecule has 0 aliphatic heterocycles. The number of hydrogen-bond acceptors (Lipinski definition) is 1. The molecule has 0 saturated heterocycles. The zero-order chi connectivity index (χ0) is 5.86. The molecule has 44 valence electrons. The maximum atomic E-state index is 8.29. The summed E-state index contributed by atoms with van der Waals surface area (Å²) < 4.78 is 0. The molecule has 0 spiro atoms. The molecular formula is C4H8Cl2O. The summed E-state index contributed by atoms with van der Waals surface area (Å²) >= 11 is 10.9. The van der Waals surface area contributed by atoms with E-state index in [0.717, 1.165) is 0 Å². The van der Waals surface area contributed by atoms with Gasteiger partial charge in [0.25, 0.3) is 0 Å². The van der Waals surface area contributed by atoms with Gasteiger partial charge in [0.2, 0.25) is 0 Å². The Bertz CT molecular complexity index is 47.0. The fourth-order valence-electron chi connectivity index (χ4n) is 0.145. The van der Waals surface area contributed by atoms with Gasteiger partial charge in [-0.15, -0.1) is 23.2 Å². The van der Waals surface area contributed by atoms with Crippen LogP contribution in [0.15, 0.2) is 0 Å². The molecule has 0 amide bonds. The van der Waals surface area contributed by atoms with E-state index in [1.807, 2.05) is 0 Å². The first kappa shape index (κ1) is 7.54. The van der Waals surface area contributed by atoms with Gasteiger partial charge < -0.3 is 5.11 Å². The molecule has 2 unspecified atom stereocenters. The third-order valence-electron chi connectivity index (χ3n) is 0.673. The Hall–Kier alpha value is 0.540. The first-order valence-corrected chi connectivity index (χ1v) is 2.94. The molecule has 0 aromatic heterocycles. The predicted molar refractivity (Wildman–Crippen MR) is 32.0 cm³/mol. The lowest BCUT2D eigenvalue weighted by atomic mass is 10.3. The van der Waals surface area contributed by atoms with Crippen molar-refractivity contribution in [3.63, 3.8) is 0 Å². The summed E-state index contributed by atoms with van der Waals surface area (Å²) in [5.41, 5.74) is 0. The summed E-state index contributed by atoms with van der Waals surface area (Å²) in [5.74, 6) is 0. The average molecular weight is 143 g/mol. The molecular weight excluding hydrogens is 135 g/mol. The standard InChI is InChI=1S/C4H8Cl2O/c1-3(5)4(6)2-7/h3-4,7H,2H2,1H3. The second-order valence-corrected chi connectivity index (χ2v) is 2.63. The summed E-state index contributed by atoms with van der Waals surface area (Å²) in [6, 6.07) is 0. The fraction of sp³-hybridized carbons (Fsp3) is 1.00. The van der Waals surface area contributed by atoms with Gasteiger partial charge in [-0.05, 0) is 6.92 Å². The normalized spacial score (nSPS) is 18.9. The van der Waals surface area contributed by atoms with Crippen LogP contribution in [0, 0.1) is 0 Å². The maximum absolute atomic E-state index is 8.29. The molecule has 0 heterocycles. The Morgan fingerprint density at radius 2 is 2.00 bits per heavy atom. The summed E-state index contributed by atoms with van der Waals surface area (Å²) in [4.78, 5) is 0. The van der Waals surface area contributed by atoms with Crippen molar-refractivity contribution in [1.29, 1.82) is 0 Å². The highest BCUT2D eigenvalue weighted by Gasteiger charge is 2.07. The van der Waals surface area contributed by atoms with Crippen LogP contribution in [-0.2, 0) is 0 Å². The number of alkyl halides is 2. The van der Waals surface area contributed by atoms with Crippen molar-refractivity contribution in [3.05, 3.63) is 0 Å². The summed E-state index contributed by atoms with van der Waals surface area (Å²) in [6.07, 6.45) is 0. The SMILES string of the molecule is CC(Cl)C(Cl)CO. The van der Waals surface area contributed by atoms with Gasteiger partial charge >= 0.3 is 0 Å². The molecule has 0 fully saturated rings. The third kappa shape index (κ3) is 3.15. The second kappa shape index (κ2) is 3.53. The second-order valence-electron chi connectivity index (χ2n) is 1.38. The van der Waals surface area contributed by atoms with Crippen molar-refractivity contribution in [3.8, 4) is 0 Å². The molecule has 0 bridgehead atoms. The zero-order valence-corrected chi connectivity index (χ0v) is 5.58. The lowest BCUT2D eigenvalue weighted by molar-refractivity contribution is 0.291. The minimum Gasteiger partial charge on any atom is -0.395 e. The Balaban J connectivity index is 3.14. The van der Waals surface area contributed by atoms with Crippen LogP contribution in [0.1, 0.15) is 6.92 Å². The van der Waals surface area contributed by atoms with Crippen molar-refractivity contribution in [1.82, 2.24) is 0 Å². The monoisotopic (exact) mass is 142 g/mol. The van der Waals surface area contributed by atoms with E-state index < -0.39 is 0 Å². The summed E-state index contributed by atoms with van der Waals surface area (Å²) in [5, 5.41) is 7.84. The first-order chi connectivity index (χ1) is 3.18. The molecule has 2 atom stereocenters. The van der Waals surface area contributed by atoms with Crippen LogP contribution in [0.5, 0.6) is 0 Å². The maximum Gasteiger partial charge on any atom is 0.0727 e. The smallest absolute Gasteiger partial charge is 0.0727 e. The minimum atomic E-state index is -0.304. The molecule has 0 aliphatic rings. The fourth-order valence-corrected chi connectivity index (χ4v) is 0.225. The van der Waals surface area contributed by atoms with Gasteiger partial charge in [0.05, 0.1) is 12.0 Å². The summed E-state index contributed by atoms with van der Waals surface area (Å²) in [6.45, 7) is 1.70. The van der Waals surface area contributed by atoms with E-state index in [2.05, 4.69) is 0 Å². The lowest BCUT2D eigenvalue weighted by Crippen LogP contribution is -2.14. The number of hydrogen-bond donors (Lipinski definition) is 1. The molecule has 0 rings (SSSR count). The quantitative estimate of drug-likeness (QED) is 0.576. The van der Waals surface area contributed by atoms with Gasteiger partial charge in [-0.2, -0.15) is 0 Å². The predicted octanol–water partition coefficient (Wildman–Crippen LogP) is 1.21. The molecule has 0 aromatic rings. The van der Waals surface area contributed by atoms with Crippen molar-refractivity contribution >= 4 is 23.2 Å². The number of aliphatic hydroxyl groups excluding tert-OH is 1. The number of aliphatic hydroxyl groups is 1. The van der Waals surface area contributed by atoms with Gasteiger partial charge in [-0.3, -0.25) is 0 Å². The molecule has 1 N–H and O–H groups in total. The van der Waals surface area contributed by atoms with Crippen LogP contribution in [0.3, 0.4) is 0 Å². The Labute approximate surface area is 53.2 Å². The van der Waals surface area contributed by atoms with Crippen LogP contribution in [-0.4, -0.2) is 22.5 Å². The molecule has 0 aromatic carbocycles.